The van der Waals surface area contributed by atoms with E-state index in [4.69, 9.17) is 0 Å². The lowest BCUT2D eigenvalue weighted by Crippen LogP contribution is -2.36. The van der Waals surface area contributed by atoms with Gasteiger partial charge in [0.05, 0.1) is 6.20 Å². The van der Waals surface area contributed by atoms with Crippen LogP contribution in [0.3, 0.4) is 0 Å². The average molecular weight is 320 g/mol. The molecule has 1 atom stereocenters. The first-order valence-corrected chi connectivity index (χ1v) is 8.78. The van der Waals surface area contributed by atoms with Gasteiger partial charge in [0.2, 0.25) is 10.0 Å². The minimum absolute atomic E-state index is 0.0473. The van der Waals surface area contributed by atoms with E-state index in [1.807, 2.05) is 18.2 Å². The third-order valence-electron chi connectivity index (χ3n) is 3.83. The molecule has 0 saturated carbocycles. The molecule has 1 N–H and O–H groups in total. The van der Waals surface area contributed by atoms with Gasteiger partial charge in [-0.05, 0) is 12.0 Å². The van der Waals surface area contributed by atoms with E-state index in [0.29, 0.717) is 0 Å². The second-order valence-corrected chi connectivity index (χ2v) is 7.39. The molecule has 0 bridgehead atoms. The Kier molecular flexibility index (Phi) is 4.28. The second-order valence-electron chi connectivity index (χ2n) is 5.68. The fourth-order valence-corrected chi connectivity index (χ4v) is 3.98. The smallest absolute Gasteiger partial charge is 0.243 e. The van der Waals surface area contributed by atoms with Crippen LogP contribution in [0.25, 0.3) is 0 Å². The summed E-state index contributed by atoms with van der Waals surface area (Å²) in [5.41, 5.74) is 1.25. The zero-order valence-corrected chi connectivity index (χ0v) is 13.3. The minimum atomic E-state index is -3.48. The van der Waals surface area contributed by atoms with Crippen molar-refractivity contribution in [3.05, 3.63) is 48.3 Å². The van der Waals surface area contributed by atoms with Gasteiger partial charge in [-0.3, -0.25) is 9.58 Å². The number of nitrogens with zero attached hydrogens (tertiary/aromatic N) is 3. The molecule has 1 aliphatic heterocycles. The second kappa shape index (κ2) is 6.20. The molecule has 1 saturated heterocycles. The van der Waals surface area contributed by atoms with Crippen LogP contribution in [0.4, 0.5) is 0 Å². The molecule has 0 amide bonds. The third-order valence-corrected chi connectivity index (χ3v) is 5.31. The highest BCUT2D eigenvalue weighted by atomic mass is 32.2. The van der Waals surface area contributed by atoms with Crippen LogP contribution >= 0.6 is 0 Å². The van der Waals surface area contributed by atoms with Crippen LogP contribution in [0.1, 0.15) is 12.0 Å². The molecule has 0 radical (unpaired) electrons. The summed E-state index contributed by atoms with van der Waals surface area (Å²) >= 11 is 0. The van der Waals surface area contributed by atoms with Gasteiger partial charge < -0.3 is 0 Å². The summed E-state index contributed by atoms with van der Waals surface area (Å²) in [5.74, 6) is 0. The summed E-state index contributed by atoms with van der Waals surface area (Å²) in [6, 6.07) is 10.2. The van der Waals surface area contributed by atoms with Crippen LogP contribution in [-0.4, -0.2) is 42.2 Å². The predicted molar refractivity (Wildman–Crippen MR) is 83.7 cm³/mol. The maximum absolute atomic E-state index is 12.3. The molecule has 2 aromatic rings. The van der Waals surface area contributed by atoms with Crippen molar-refractivity contribution in [3.63, 3.8) is 0 Å². The highest BCUT2D eigenvalue weighted by Gasteiger charge is 2.27. The molecular weight excluding hydrogens is 300 g/mol. The first kappa shape index (κ1) is 15.2. The van der Waals surface area contributed by atoms with E-state index in [1.165, 1.54) is 22.6 Å². The molecule has 7 heteroatoms. The standard InChI is InChI=1S/C15H20N4O2S/c1-18-12-15(9-16-18)22(20,21)17-14-7-8-19(11-14)10-13-5-3-2-4-6-13/h2-6,9,12,14,17H,7-8,10-11H2,1H3/t14-/m1/s1. The quantitative estimate of drug-likeness (QED) is 0.891. The Morgan fingerprint density at radius 3 is 2.77 bits per heavy atom. The Bertz CT molecular complexity index is 727. The van der Waals surface area contributed by atoms with Gasteiger partial charge in [0.1, 0.15) is 4.90 Å². The van der Waals surface area contributed by atoms with Gasteiger partial charge in [0.25, 0.3) is 0 Å². The molecule has 6 nitrogen and oxygen atoms in total. The topological polar surface area (TPSA) is 67.2 Å². The van der Waals surface area contributed by atoms with Crippen molar-refractivity contribution >= 4 is 10.0 Å². The number of sulfonamides is 1. The third kappa shape index (κ3) is 3.55. The lowest BCUT2D eigenvalue weighted by atomic mass is 10.2. The summed E-state index contributed by atoms with van der Waals surface area (Å²) in [6.45, 7) is 2.48. The molecule has 22 heavy (non-hydrogen) atoms. The van der Waals surface area contributed by atoms with E-state index in [1.54, 1.807) is 7.05 Å². The first-order chi connectivity index (χ1) is 10.5. The van der Waals surface area contributed by atoms with E-state index in [2.05, 4.69) is 26.9 Å². The molecule has 0 unspecified atom stereocenters. The highest BCUT2D eigenvalue weighted by molar-refractivity contribution is 7.89. The molecule has 2 heterocycles. The molecule has 118 valence electrons. The number of likely N-dealkylation sites (tertiary alicyclic amines) is 1. The molecule has 1 aliphatic rings. The number of hydrogen-bond acceptors (Lipinski definition) is 4. The van der Waals surface area contributed by atoms with Crippen LogP contribution in [0.2, 0.25) is 0 Å². The maximum atomic E-state index is 12.3. The van der Waals surface area contributed by atoms with Gasteiger partial charge in [-0.2, -0.15) is 5.10 Å². The average Bonchev–Trinajstić information content (AvgIpc) is 3.09. The number of aromatic nitrogens is 2. The van der Waals surface area contributed by atoms with E-state index >= 15 is 0 Å². The fourth-order valence-electron chi connectivity index (χ4n) is 2.74. The monoisotopic (exact) mass is 320 g/mol. The normalized spacial score (nSPS) is 19.6. The van der Waals surface area contributed by atoms with Crippen molar-refractivity contribution < 1.29 is 8.42 Å². The van der Waals surface area contributed by atoms with Crippen LogP contribution in [0.15, 0.2) is 47.6 Å². The van der Waals surface area contributed by atoms with Gasteiger partial charge in [0, 0.05) is 38.9 Å². The van der Waals surface area contributed by atoms with Gasteiger partial charge >= 0.3 is 0 Å². The molecule has 1 aromatic heterocycles. The van der Waals surface area contributed by atoms with Gasteiger partial charge in [-0.25, -0.2) is 13.1 Å². The van der Waals surface area contributed by atoms with Gasteiger partial charge in [-0.1, -0.05) is 30.3 Å². The zero-order valence-electron chi connectivity index (χ0n) is 12.5. The fraction of sp³-hybridized carbons (Fsp3) is 0.400. The van der Waals surface area contributed by atoms with Crippen molar-refractivity contribution in [2.45, 2.75) is 23.9 Å². The van der Waals surface area contributed by atoms with Crippen LogP contribution in [-0.2, 0) is 23.6 Å². The van der Waals surface area contributed by atoms with Crippen molar-refractivity contribution in [3.8, 4) is 0 Å². The van der Waals surface area contributed by atoms with Gasteiger partial charge in [0.15, 0.2) is 0 Å². The molecule has 0 spiro atoms. The van der Waals surface area contributed by atoms with Crippen LogP contribution in [0.5, 0.6) is 0 Å². The predicted octanol–water partition coefficient (Wildman–Crippen LogP) is 0.973. The summed E-state index contributed by atoms with van der Waals surface area (Å²) in [7, 11) is -1.77. The zero-order chi connectivity index (χ0) is 15.6. The van der Waals surface area contributed by atoms with E-state index in [-0.39, 0.29) is 10.9 Å². The Balaban J connectivity index is 1.59. The summed E-state index contributed by atoms with van der Waals surface area (Å²) < 4.78 is 28.8. The maximum Gasteiger partial charge on any atom is 0.243 e. The van der Waals surface area contributed by atoms with Crippen molar-refractivity contribution in [1.82, 2.24) is 19.4 Å². The largest absolute Gasteiger partial charge is 0.297 e. The summed E-state index contributed by atoms with van der Waals surface area (Å²) in [4.78, 5) is 2.49. The minimum Gasteiger partial charge on any atom is -0.297 e. The molecule has 1 aromatic carbocycles. The van der Waals surface area contributed by atoms with Gasteiger partial charge in [-0.15, -0.1) is 0 Å². The van der Waals surface area contributed by atoms with E-state index in [9.17, 15) is 8.42 Å². The molecule has 1 fully saturated rings. The highest BCUT2D eigenvalue weighted by Crippen LogP contribution is 2.16. The molecular formula is C15H20N4O2S. The summed E-state index contributed by atoms with van der Waals surface area (Å²) in [5, 5.41) is 3.92. The Morgan fingerprint density at radius 1 is 1.32 bits per heavy atom. The molecule has 0 aliphatic carbocycles. The summed E-state index contributed by atoms with van der Waals surface area (Å²) in [6.07, 6.45) is 3.71. The lowest BCUT2D eigenvalue weighted by Gasteiger charge is -2.16. The van der Waals surface area contributed by atoms with E-state index < -0.39 is 10.0 Å². The number of benzene rings is 1. The van der Waals surface area contributed by atoms with E-state index in [0.717, 1.165) is 26.1 Å². The van der Waals surface area contributed by atoms with Crippen LogP contribution in [0, 0.1) is 0 Å². The number of hydrogen-bond donors (Lipinski definition) is 1. The van der Waals surface area contributed by atoms with Crippen molar-refractivity contribution in [2.75, 3.05) is 13.1 Å². The lowest BCUT2D eigenvalue weighted by molar-refractivity contribution is 0.324. The first-order valence-electron chi connectivity index (χ1n) is 7.30. The number of aryl methyl sites for hydroxylation is 1. The SMILES string of the molecule is Cn1cc(S(=O)(=O)N[C@@H]2CCN(Cc3ccccc3)C2)cn1. The Morgan fingerprint density at radius 2 is 2.09 bits per heavy atom. The number of nitrogens with one attached hydrogen (secondary N) is 1. The van der Waals surface area contributed by atoms with Crippen molar-refractivity contribution in [1.29, 1.82) is 0 Å². The molecule has 3 rings (SSSR count). The number of rotatable bonds is 5. The Hall–Kier alpha value is -1.70. The van der Waals surface area contributed by atoms with Crippen molar-refractivity contribution in [2.24, 2.45) is 7.05 Å². The van der Waals surface area contributed by atoms with Crippen LogP contribution < -0.4 is 4.72 Å². The Labute approximate surface area is 130 Å².